The smallest absolute Gasteiger partial charge is 0.243 e. The molecule has 1 fully saturated rings. The van der Waals surface area contributed by atoms with Crippen LogP contribution < -0.4 is 0 Å². The minimum atomic E-state index is -3.42. The largest absolute Gasteiger partial charge is 0.308 e. The molecule has 0 radical (unpaired) electrons. The van der Waals surface area contributed by atoms with Crippen molar-refractivity contribution in [3.63, 3.8) is 0 Å². The van der Waals surface area contributed by atoms with Crippen molar-refractivity contribution in [2.45, 2.75) is 10.9 Å². The van der Waals surface area contributed by atoms with Crippen LogP contribution in [0.2, 0.25) is 0 Å². The second kappa shape index (κ2) is 5.85. The van der Waals surface area contributed by atoms with E-state index in [4.69, 9.17) is 0 Å². The molecule has 0 saturated carbocycles. The Labute approximate surface area is 140 Å². The van der Waals surface area contributed by atoms with Crippen LogP contribution in [0, 0.1) is 0 Å². The molecule has 7 heteroatoms. The van der Waals surface area contributed by atoms with Gasteiger partial charge in [-0.3, -0.25) is 0 Å². The predicted molar refractivity (Wildman–Crippen MR) is 89.7 cm³/mol. The van der Waals surface area contributed by atoms with Gasteiger partial charge in [-0.15, -0.1) is 10.2 Å². The molecule has 24 heavy (non-hydrogen) atoms. The molecule has 2 heterocycles. The highest BCUT2D eigenvalue weighted by Crippen LogP contribution is 2.30. The van der Waals surface area contributed by atoms with Crippen LogP contribution in [0.1, 0.15) is 6.04 Å². The van der Waals surface area contributed by atoms with Gasteiger partial charge in [0.1, 0.15) is 6.33 Å². The summed E-state index contributed by atoms with van der Waals surface area (Å²) in [6.45, 7) is 0.851. The lowest BCUT2D eigenvalue weighted by atomic mass is 10.1. The van der Waals surface area contributed by atoms with Gasteiger partial charge in [0.25, 0.3) is 0 Å². The molecule has 0 amide bonds. The van der Waals surface area contributed by atoms with E-state index in [9.17, 15) is 8.42 Å². The zero-order chi connectivity index (χ0) is 16.6. The number of rotatable bonds is 4. The zero-order valence-electron chi connectivity index (χ0n) is 12.9. The second-order valence-electron chi connectivity index (χ2n) is 5.72. The van der Waals surface area contributed by atoms with E-state index in [0.717, 1.165) is 11.4 Å². The summed E-state index contributed by atoms with van der Waals surface area (Å²) < 4.78 is 28.6. The molecule has 1 aliphatic heterocycles. The summed E-state index contributed by atoms with van der Waals surface area (Å²) in [5.74, 6) is 0.761. The molecular formula is C17H16N4O2S. The Morgan fingerprint density at radius 3 is 2.21 bits per heavy atom. The van der Waals surface area contributed by atoms with E-state index in [-0.39, 0.29) is 6.04 Å². The molecule has 6 nitrogen and oxygen atoms in total. The molecular weight excluding hydrogens is 324 g/mol. The Morgan fingerprint density at radius 2 is 1.54 bits per heavy atom. The van der Waals surface area contributed by atoms with Crippen molar-refractivity contribution in [1.29, 1.82) is 0 Å². The van der Waals surface area contributed by atoms with Crippen LogP contribution in [-0.4, -0.2) is 40.6 Å². The molecule has 3 aromatic rings. The Morgan fingerprint density at radius 1 is 0.917 bits per heavy atom. The van der Waals surface area contributed by atoms with Crippen molar-refractivity contribution in [2.75, 3.05) is 13.1 Å². The lowest BCUT2D eigenvalue weighted by molar-refractivity contribution is 0.205. The van der Waals surface area contributed by atoms with Crippen molar-refractivity contribution in [3.05, 3.63) is 67.0 Å². The first-order valence-electron chi connectivity index (χ1n) is 7.66. The topological polar surface area (TPSA) is 68.1 Å². The van der Waals surface area contributed by atoms with Crippen LogP contribution in [0.4, 0.5) is 0 Å². The Bertz CT molecular complexity index is 933. The molecule has 0 atom stereocenters. The molecule has 0 N–H and O–H groups in total. The summed E-state index contributed by atoms with van der Waals surface area (Å²) in [5.41, 5.74) is 0.972. The van der Waals surface area contributed by atoms with Gasteiger partial charge in [-0.05, 0) is 12.1 Å². The lowest BCUT2D eigenvalue weighted by Gasteiger charge is -2.38. The average Bonchev–Trinajstić information content (AvgIpc) is 3.04. The molecule has 0 bridgehead atoms. The Kier molecular flexibility index (Phi) is 3.66. The first kappa shape index (κ1) is 15.0. The van der Waals surface area contributed by atoms with Gasteiger partial charge >= 0.3 is 0 Å². The molecule has 0 spiro atoms. The van der Waals surface area contributed by atoms with Gasteiger partial charge in [-0.1, -0.05) is 48.5 Å². The highest BCUT2D eigenvalue weighted by atomic mass is 32.2. The van der Waals surface area contributed by atoms with E-state index >= 15 is 0 Å². The molecule has 1 aromatic heterocycles. The van der Waals surface area contributed by atoms with Crippen LogP contribution in [0.3, 0.4) is 0 Å². The maximum atomic E-state index is 12.6. The third-order valence-electron chi connectivity index (χ3n) is 4.21. The predicted octanol–water partition coefficient (Wildman–Crippen LogP) is 2.19. The molecule has 1 aliphatic rings. The molecule has 122 valence electrons. The van der Waals surface area contributed by atoms with Crippen LogP contribution in [0.15, 0.2) is 71.9 Å². The molecule has 4 rings (SSSR count). The summed E-state index contributed by atoms with van der Waals surface area (Å²) in [5, 5.41) is 8.17. The third-order valence-corrected chi connectivity index (χ3v) is 6.05. The van der Waals surface area contributed by atoms with E-state index < -0.39 is 10.0 Å². The fourth-order valence-corrected chi connectivity index (χ4v) is 4.37. The fraction of sp³-hybridized carbons (Fsp3) is 0.176. The van der Waals surface area contributed by atoms with Crippen LogP contribution in [0.25, 0.3) is 11.4 Å². The lowest BCUT2D eigenvalue weighted by Crippen LogP contribution is -2.50. The van der Waals surface area contributed by atoms with Crippen molar-refractivity contribution in [3.8, 4) is 11.4 Å². The molecule has 1 saturated heterocycles. The van der Waals surface area contributed by atoms with E-state index in [0.29, 0.717) is 18.0 Å². The number of aromatic nitrogens is 3. The third kappa shape index (κ3) is 2.51. The molecule has 0 aliphatic carbocycles. The maximum Gasteiger partial charge on any atom is 0.243 e. The summed E-state index contributed by atoms with van der Waals surface area (Å²) in [4.78, 5) is 0.329. The normalized spacial score (nSPS) is 16.0. The van der Waals surface area contributed by atoms with Crippen molar-refractivity contribution in [1.82, 2.24) is 19.1 Å². The van der Waals surface area contributed by atoms with Crippen molar-refractivity contribution >= 4 is 10.0 Å². The monoisotopic (exact) mass is 340 g/mol. The van der Waals surface area contributed by atoms with Gasteiger partial charge in [0, 0.05) is 18.7 Å². The number of hydrogen-bond acceptors (Lipinski definition) is 4. The second-order valence-corrected chi connectivity index (χ2v) is 7.65. The highest BCUT2D eigenvalue weighted by molar-refractivity contribution is 7.89. The maximum absolute atomic E-state index is 12.6. The first-order valence-corrected chi connectivity index (χ1v) is 9.10. The number of sulfonamides is 1. The van der Waals surface area contributed by atoms with Gasteiger partial charge in [-0.25, -0.2) is 8.42 Å². The van der Waals surface area contributed by atoms with Gasteiger partial charge in [0.2, 0.25) is 10.0 Å². The van der Waals surface area contributed by atoms with Gasteiger partial charge in [-0.2, -0.15) is 4.31 Å². The average molecular weight is 340 g/mol. The minimum Gasteiger partial charge on any atom is -0.308 e. The molecule has 2 aromatic carbocycles. The zero-order valence-corrected chi connectivity index (χ0v) is 13.7. The summed E-state index contributed by atoms with van der Waals surface area (Å²) in [6, 6.07) is 18.3. The van der Waals surface area contributed by atoms with Gasteiger partial charge < -0.3 is 4.57 Å². The Balaban J connectivity index is 1.54. The van der Waals surface area contributed by atoms with Crippen molar-refractivity contribution < 1.29 is 8.42 Å². The first-order chi connectivity index (χ1) is 11.7. The summed E-state index contributed by atoms with van der Waals surface area (Å²) in [7, 11) is -3.42. The summed E-state index contributed by atoms with van der Waals surface area (Å²) in [6.07, 6.45) is 1.67. The van der Waals surface area contributed by atoms with Crippen LogP contribution >= 0.6 is 0 Å². The van der Waals surface area contributed by atoms with E-state index in [1.54, 1.807) is 36.7 Å². The standard InChI is InChI=1S/C17H16N4O2S/c22-24(23,16-9-5-2-6-10-16)20-11-15(12-20)21-13-18-19-17(21)14-7-3-1-4-8-14/h1-10,13,15H,11-12H2. The van der Waals surface area contributed by atoms with E-state index in [1.807, 2.05) is 34.9 Å². The SMILES string of the molecule is O=S(=O)(c1ccccc1)N1CC(n2cnnc2-c2ccccc2)C1. The number of benzene rings is 2. The van der Waals surface area contributed by atoms with Gasteiger partial charge in [0.05, 0.1) is 10.9 Å². The highest BCUT2D eigenvalue weighted by Gasteiger charge is 2.38. The van der Waals surface area contributed by atoms with Crippen LogP contribution in [0.5, 0.6) is 0 Å². The van der Waals surface area contributed by atoms with Crippen molar-refractivity contribution in [2.24, 2.45) is 0 Å². The minimum absolute atomic E-state index is 0.0497. The van der Waals surface area contributed by atoms with E-state index in [1.165, 1.54) is 4.31 Å². The fourth-order valence-electron chi connectivity index (χ4n) is 2.83. The summed E-state index contributed by atoms with van der Waals surface area (Å²) >= 11 is 0. The number of hydrogen-bond donors (Lipinski definition) is 0. The van der Waals surface area contributed by atoms with Gasteiger partial charge in [0.15, 0.2) is 5.82 Å². The van der Waals surface area contributed by atoms with E-state index in [2.05, 4.69) is 10.2 Å². The van der Waals surface area contributed by atoms with Crippen LogP contribution in [-0.2, 0) is 10.0 Å². The molecule has 0 unspecified atom stereocenters. The Hall–Kier alpha value is -2.51. The number of nitrogens with zero attached hydrogens (tertiary/aromatic N) is 4. The quantitative estimate of drug-likeness (QED) is 0.730.